The van der Waals surface area contributed by atoms with Gasteiger partial charge in [0.25, 0.3) is 5.91 Å². The molecule has 2 aromatic rings. The molecular formula is C21H23F2NO4. The largest absolute Gasteiger partial charge is 0.508 e. The molecule has 3 N–H and O–H groups in total. The van der Waals surface area contributed by atoms with E-state index in [-0.39, 0.29) is 29.9 Å². The molecule has 0 unspecified atom stereocenters. The number of ether oxygens (including phenoxy) is 1. The highest BCUT2D eigenvalue weighted by molar-refractivity contribution is 5.94. The lowest BCUT2D eigenvalue weighted by Crippen LogP contribution is -2.45. The summed E-state index contributed by atoms with van der Waals surface area (Å²) in [6, 6.07) is 8.96. The van der Waals surface area contributed by atoms with E-state index in [1.165, 1.54) is 24.3 Å². The summed E-state index contributed by atoms with van der Waals surface area (Å²) in [6.07, 6.45) is 2.36. The van der Waals surface area contributed by atoms with Crippen LogP contribution in [0.25, 0.3) is 0 Å². The van der Waals surface area contributed by atoms with Crippen molar-refractivity contribution in [1.82, 2.24) is 5.32 Å². The maximum atomic E-state index is 13.2. The molecule has 1 fully saturated rings. The first-order chi connectivity index (χ1) is 13.3. The van der Waals surface area contributed by atoms with Crippen LogP contribution in [0, 0.1) is 17.6 Å². The first-order valence-electron chi connectivity index (χ1n) is 9.21. The van der Waals surface area contributed by atoms with Crippen LogP contribution in [0.5, 0.6) is 11.5 Å². The summed E-state index contributed by atoms with van der Waals surface area (Å²) in [6.45, 7) is 0.453. The summed E-state index contributed by atoms with van der Waals surface area (Å²) in [5.74, 6) is -1.28. The topological polar surface area (TPSA) is 78.8 Å². The Bertz CT molecular complexity index is 797. The minimum atomic E-state index is -0.992. The molecular weight excluding hydrogens is 368 g/mol. The van der Waals surface area contributed by atoms with E-state index >= 15 is 0 Å². The SMILES string of the molecule is O=C(NCC1(O)CCC(COc2cc(F)cc(F)c2)CC1)c1ccc(O)cc1. The van der Waals surface area contributed by atoms with Gasteiger partial charge in [0.15, 0.2) is 0 Å². The second-order valence-electron chi connectivity index (χ2n) is 7.31. The highest BCUT2D eigenvalue weighted by Gasteiger charge is 2.33. The summed E-state index contributed by atoms with van der Waals surface area (Å²) in [7, 11) is 0. The molecule has 2 aromatic carbocycles. The van der Waals surface area contributed by atoms with Crippen molar-refractivity contribution in [2.75, 3.05) is 13.2 Å². The standard InChI is InChI=1S/C21H23F2NO4/c22-16-9-17(23)11-19(10-16)28-12-14-5-7-21(27,8-6-14)13-24-20(26)15-1-3-18(25)4-2-15/h1-4,9-11,14,25,27H,5-8,12-13H2,(H,24,26). The van der Waals surface area contributed by atoms with E-state index in [0.29, 0.717) is 37.9 Å². The Morgan fingerprint density at radius 2 is 1.71 bits per heavy atom. The number of halogens is 2. The highest BCUT2D eigenvalue weighted by atomic mass is 19.1. The molecule has 1 amide bonds. The van der Waals surface area contributed by atoms with Crippen LogP contribution in [-0.4, -0.2) is 34.9 Å². The highest BCUT2D eigenvalue weighted by Crippen LogP contribution is 2.32. The summed E-state index contributed by atoms with van der Waals surface area (Å²) in [5, 5.41) is 22.7. The van der Waals surface area contributed by atoms with E-state index in [4.69, 9.17) is 4.74 Å². The van der Waals surface area contributed by atoms with Crippen molar-refractivity contribution >= 4 is 5.91 Å². The fourth-order valence-corrected chi connectivity index (χ4v) is 3.34. The van der Waals surface area contributed by atoms with Crippen molar-refractivity contribution in [2.45, 2.75) is 31.3 Å². The molecule has 0 aromatic heterocycles. The Labute approximate surface area is 162 Å². The first-order valence-corrected chi connectivity index (χ1v) is 9.21. The van der Waals surface area contributed by atoms with E-state index in [9.17, 15) is 23.8 Å². The zero-order chi connectivity index (χ0) is 20.1. The number of carbonyl (C=O) groups excluding carboxylic acids is 1. The number of aliphatic hydroxyl groups is 1. The maximum Gasteiger partial charge on any atom is 0.251 e. The molecule has 5 nitrogen and oxygen atoms in total. The third kappa shape index (κ3) is 5.42. The molecule has 0 atom stereocenters. The minimum Gasteiger partial charge on any atom is -0.508 e. The Balaban J connectivity index is 1.44. The third-order valence-electron chi connectivity index (χ3n) is 5.07. The second-order valence-corrected chi connectivity index (χ2v) is 7.31. The lowest BCUT2D eigenvalue weighted by molar-refractivity contribution is -0.0129. The van der Waals surface area contributed by atoms with Crippen LogP contribution in [0.1, 0.15) is 36.0 Å². The zero-order valence-electron chi connectivity index (χ0n) is 15.3. The number of benzene rings is 2. The van der Waals surface area contributed by atoms with Gasteiger partial charge in [-0.05, 0) is 55.9 Å². The first kappa shape index (κ1) is 20.1. The van der Waals surface area contributed by atoms with Crippen LogP contribution in [0.3, 0.4) is 0 Å². The molecule has 0 spiro atoms. The number of rotatable bonds is 6. The van der Waals surface area contributed by atoms with E-state index < -0.39 is 17.2 Å². The maximum absolute atomic E-state index is 13.2. The molecule has 3 rings (SSSR count). The van der Waals surface area contributed by atoms with Crippen LogP contribution >= 0.6 is 0 Å². The Morgan fingerprint density at radius 1 is 1.11 bits per heavy atom. The van der Waals surface area contributed by atoms with Gasteiger partial charge in [-0.25, -0.2) is 8.78 Å². The normalized spacial score (nSPS) is 21.9. The summed E-state index contributed by atoms with van der Waals surface area (Å²) < 4.78 is 31.9. The molecule has 0 radical (unpaired) electrons. The molecule has 0 aliphatic heterocycles. The summed E-state index contributed by atoms with van der Waals surface area (Å²) >= 11 is 0. The molecule has 1 saturated carbocycles. The quantitative estimate of drug-likeness (QED) is 0.705. The molecule has 1 aliphatic rings. The molecule has 0 heterocycles. The Morgan fingerprint density at radius 3 is 2.32 bits per heavy atom. The van der Waals surface area contributed by atoms with Gasteiger partial charge in [-0.1, -0.05) is 0 Å². The van der Waals surface area contributed by atoms with E-state index in [1.807, 2.05) is 0 Å². The van der Waals surface area contributed by atoms with Gasteiger partial charge in [0, 0.05) is 30.3 Å². The van der Waals surface area contributed by atoms with Crippen molar-refractivity contribution in [1.29, 1.82) is 0 Å². The average molecular weight is 391 g/mol. The van der Waals surface area contributed by atoms with Crippen molar-refractivity contribution < 1.29 is 28.5 Å². The van der Waals surface area contributed by atoms with E-state index in [0.717, 1.165) is 18.2 Å². The van der Waals surface area contributed by atoms with Gasteiger partial charge >= 0.3 is 0 Å². The molecule has 1 aliphatic carbocycles. The lowest BCUT2D eigenvalue weighted by Gasteiger charge is -2.36. The van der Waals surface area contributed by atoms with Crippen LogP contribution in [0.4, 0.5) is 8.78 Å². The van der Waals surface area contributed by atoms with Gasteiger partial charge in [0.2, 0.25) is 0 Å². The summed E-state index contributed by atoms with van der Waals surface area (Å²) in [5.41, 5.74) is -0.584. The number of hydrogen-bond acceptors (Lipinski definition) is 4. The van der Waals surface area contributed by atoms with Crippen molar-refractivity contribution in [3.63, 3.8) is 0 Å². The fourth-order valence-electron chi connectivity index (χ4n) is 3.34. The van der Waals surface area contributed by atoms with Crippen molar-refractivity contribution in [3.8, 4) is 11.5 Å². The van der Waals surface area contributed by atoms with Gasteiger partial charge in [-0.2, -0.15) is 0 Å². The fraction of sp³-hybridized carbons (Fsp3) is 0.381. The lowest BCUT2D eigenvalue weighted by atomic mass is 9.79. The third-order valence-corrected chi connectivity index (χ3v) is 5.07. The summed E-state index contributed by atoms with van der Waals surface area (Å²) in [4.78, 5) is 12.1. The Kier molecular flexibility index (Phi) is 6.14. The number of phenols is 1. The van der Waals surface area contributed by atoms with Crippen LogP contribution in [-0.2, 0) is 0 Å². The van der Waals surface area contributed by atoms with Gasteiger partial charge in [-0.3, -0.25) is 4.79 Å². The average Bonchev–Trinajstić information content (AvgIpc) is 2.66. The van der Waals surface area contributed by atoms with Crippen molar-refractivity contribution in [2.24, 2.45) is 5.92 Å². The van der Waals surface area contributed by atoms with Gasteiger partial charge in [0.1, 0.15) is 23.1 Å². The van der Waals surface area contributed by atoms with Crippen LogP contribution in [0.15, 0.2) is 42.5 Å². The second kappa shape index (κ2) is 8.56. The van der Waals surface area contributed by atoms with Crippen LogP contribution < -0.4 is 10.1 Å². The zero-order valence-corrected chi connectivity index (χ0v) is 15.3. The molecule has 7 heteroatoms. The monoisotopic (exact) mass is 391 g/mol. The van der Waals surface area contributed by atoms with Gasteiger partial charge in [-0.15, -0.1) is 0 Å². The van der Waals surface area contributed by atoms with Gasteiger partial charge < -0.3 is 20.3 Å². The van der Waals surface area contributed by atoms with Crippen LogP contribution in [0.2, 0.25) is 0 Å². The predicted molar refractivity (Wildman–Crippen MR) is 99.2 cm³/mol. The Hall–Kier alpha value is -2.67. The van der Waals surface area contributed by atoms with Gasteiger partial charge in [0.05, 0.1) is 12.2 Å². The smallest absolute Gasteiger partial charge is 0.251 e. The number of hydrogen-bond donors (Lipinski definition) is 3. The number of nitrogens with one attached hydrogen (secondary N) is 1. The number of carbonyl (C=O) groups is 1. The molecule has 0 bridgehead atoms. The van der Waals surface area contributed by atoms with Crippen molar-refractivity contribution in [3.05, 3.63) is 59.7 Å². The van der Waals surface area contributed by atoms with E-state index in [1.54, 1.807) is 0 Å². The molecule has 28 heavy (non-hydrogen) atoms. The number of phenolic OH excluding ortho intramolecular Hbond substituents is 1. The predicted octanol–water partition coefficient (Wildman–Crippen LogP) is 3.40. The van der Waals surface area contributed by atoms with E-state index in [2.05, 4.69) is 5.32 Å². The molecule has 150 valence electrons. The molecule has 0 saturated heterocycles. The number of aromatic hydroxyl groups is 1. The minimum absolute atomic E-state index is 0.0803. The number of amides is 1.